The van der Waals surface area contributed by atoms with Crippen LogP contribution in [0.15, 0.2) is 0 Å². The van der Waals surface area contributed by atoms with E-state index < -0.39 is 5.97 Å². The second kappa shape index (κ2) is 10.2. The summed E-state index contributed by atoms with van der Waals surface area (Å²) in [5.74, 6) is -0.678. The average molecular weight is 269 g/mol. The fraction of sp³-hybridized carbons (Fsp3) is 0.938. The quantitative estimate of drug-likeness (QED) is 0.512. The molecule has 0 aliphatic heterocycles. The highest BCUT2D eigenvalue weighted by Crippen LogP contribution is 2.26. The summed E-state index contributed by atoms with van der Waals surface area (Å²) in [7, 11) is 0. The molecule has 19 heavy (non-hydrogen) atoms. The molecule has 0 bridgehead atoms. The molecule has 3 nitrogen and oxygen atoms in total. The number of hydrogen-bond donors (Lipinski definition) is 1. The minimum atomic E-state index is -0.678. The molecule has 0 saturated heterocycles. The van der Waals surface area contributed by atoms with Crippen molar-refractivity contribution < 1.29 is 9.90 Å². The van der Waals surface area contributed by atoms with E-state index in [1.807, 2.05) is 0 Å². The fourth-order valence-electron chi connectivity index (χ4n) is 2.63. The molecule has 112 valence electrons. The Bertz CT molecular complexity index is 239. The van der Waals surface area contributed by atoms with Gasteiger partial charge in [-0.15, -0.1) is 0 Å². The molecule has 0 spiro atoms. The summed E-state index contributed by atoms with van der Waals surface area (Å²) >= 11 is 0. The van der Waals surface area contributed by atoms with Gasteiger partial charge in [0.25, 0.3) is 0 Å². The highest BCUT2D eigenvalue weighted by atomic mass is 16.4. The molecule has 1 N–H and O–H groups in total. The summed E-state index contributed by atoms with van der Waals surface area (Å²) in [6.45, 7) is 3.47. The number of carbonyl (C=O) groups is 1. The first kappa shape index (κ1) is 16.5. The Hall–Kier alpha value is -0.570. The molecule has 0 aromatic heterocycles. The Morgan fingerprint density at radius 1 is 1.00 bits per heavy atom. The van der Waals surface area contributed by atoms with Crippen LogP contribution in [0, 0.1) is 0 Å². The maximum Gasteiger partial charge on any atom is 0.317 e. The van der Waals surface area contributed by atoms with Crippen molar-refractivity contribution in [2.75, 3.05) is 13.1 Å². The number of nitrogens with zero attached hydrogens (tertiary/aromatic N) is 1. The Morgan fingerprint density at radius 3 is 2.00 bits per heavy atom. The lowest BCUT2D eigenvalue weighted by molar-refractivity contribution is -0.138. The molecule has 1 fully saturated rings. The van der Waals surface area contributed by atoms with Crippen molar-refractivity contribution in [3.63, 3.8) is 0 Å². The maximum absolute atomic E-state index is 10.8. The zero-order valence-corrected chi connectivity index (χ0v) is 12.6. The standard InChI is InChI=1S/C16H31NO2/c1-2-3-4-5-6-7-8-9-10-13-17(14-16(18)19)15-11-12-15/h15H,2-14H2,1H3,(H,18,19). The van der Waals surface area contributed by atoms with E-state index in [4.69, 9.17) is 5.11 Å². The largest absolute Gasteiger partial charge is 0.480 e. The van der Waals surface area contributed by atoms with Crippen molar-refractivity contribution in [1.82, 2.24) is 4.90 Å². The lowest BCUT2D eigenvalue weighted by Crippen LogP contribution is -2.32. The van der Waals surface area contributed by atoms with E-state index in [1.165, 1.54) is 70.6 Å². The smallest absolute Gasteiger partial charge is 0.317 e. The van der Waals surface area contributed by atoms with Crippen LogP contribution in [0.1, 0.15) is 77.6 Å². The van der Waals surface area contributed by atoms with Crippen molar-refractivity contribution in [2.24, 2.45) is 0 Å². The molecule has 0 amide bonds. The predicted octanol–water partition coefficient (Wildman–Crippen LogP) is 4.07. The Morgan fingerprint density at radius 2 is 1.53 bits per heavy atom. The number of carboxylic acids is 1. The Labute approximate surface area is 118 Å². The lowest BCUT2D eigenvalue weighted by Gasteiger charge is -2.19. The molecular formula is C16H31NO2. The van der Waals surface area contributed by atoms with E-state index in [2.05, 4.69) is 11.8 Å². The summed E-state index contributed by atoms with van der Waals surface area (Å²) in [6, 6.07) is 0.574. The van der Waals surface area contributed by atoms with E-state index in [0.29, 0.717) is 6.04 Å². The Kier molecular flexibility index (Phi) is 8.89. The van der Waals surface area contributed by atoms with Crippen LogP contribution in [0.5, 0.6) is 0 Å². The van der Waals surface area contributed by atoms with Gasteiger partial charge in [-0.3, -0.25) is 9.69 Å². The monoisotopic (exact) mass is 269 g/mol. The van der Waals surface area contributed by atoms with Crippen LogP contribution in [-0.2, 0) is 4.79 Å². The van der Waals surface area contributed by atoms with Crippen molar-refractivity contribution in [3.8, 4) is 0 Å². The molecule has 0 heterocycles. The molecule has 0 radical (unpaired) electrons. The molecule has 1 aliphatic carbocycles. The van der Waals surface area contributed by atoms with Crippen molar-refractivity contribution in [1.29, 1.82) is 0 Å². The molecule has 1 aliphatic rings. The first-order valence-electron chi connectivity index (χ1n) is 8.20. The molecule has 0 atom stereocenters. The van der Waals surface area contributed by atoms with Gasteiger partial charge in [0.1, 0.15) is 0 Å². The maximum atomic E-state index is 10.8. The molecule has 0 aromatic rings. The van der Waals surface area contributed by atoms with Gasteiger partial charge in [0, 0.05) is 6.04 Å². The van der Waals surface area contributed by atoms with E-state index in [-0.39, 0.29) is 6.54 Å². The third kappa shape index (κ3) is 9.04. The van der Waals surface area contributed by atoms with Gasteiger partial charge in [-0.25, -0.2) is 0 Å². The van der Waals surface area contributed by atoms with E-state index >= 15 is 0 Å². The van der Waals surface area contributed by atoms with Crippen LogP contribution in [0.25, 0.3) is 0 Å². The van der Waals surface area contributed by atoms with Crippen molar-refractivity contribution in [2.45, 2.75) is 83.6 Å². The summed E-state index contributed by atoms with van der Waals surface area (Å²) in [5, 5.41) is 8.86. The number of unbranched alkanes of at least 4 members (excludes halogenated alkanes) is 8. The molecular weight excluding hydrogens is 238 g/mol. The number of aliphatic carboxylic acids is 1. The second-order valence-electron chi connectivity index (χ2n) is 5.92. The van der Waals surface area contributed by atoms with Crippen molar-refractivity contribution >= 4 is 5.97 Å². The van der Waals surface area contributed by atoms with Crippen LogP contribution in [0.4, 0.5) is 0 Å². The number of carboxylic acid groups (broad SMARTS) is 1. The van der Waals surface area contributed by atoms with Crippen molar-refractivity contribution in [3.05, 3.63) is 0 Å². The minimum absolute atomic E-state index is 0.238. The van der Waals surface area contributed by atoms with E-state index in [1.54, 1.807) is 0 Å². The molecule has 1 rings (SSSR count). The highest BCUT2D eigenvalue weighted by molar-refractivity contribution is 5.69. The first-order chi connectivity index (χ1) is 9.24. The summed E-state index contributed by atoms with van der Waals surface area (Å²) < 4.78 is 0. The lowest BCUT2D eigenvalue weighted by atomic mass is 10.1. The van der Waals surface area contributed by atoms with Gasteiger partial charge >= 0.3 is 5.97 Å². The van der Waals surface area contributed by atoms with Gasteiger partial charge in [0.05, 0.1) is 6.54 Å². The molecule has 0 unspecified atom stereocenters. The first-order valence-corrected chi connectivity index (χ1v) is 8.20. The Balaban J connectivity index is 1.89. The van der Waals surface area contributed by atoms with Crippen LogP contribution in [-0.4, -0.2) is 35.1 Å². The zero-order chi connectivity index (χ0) is 13.9. The topological polar surface area (TPSA) is 40.5 Å². The third-order valence-electron chi connectivity index (χ3n) is 3.95. The van der Waals surface area contributed by atoms with Crippen LogP contribution in [0.2, 0.25) is 0 Å². The summed E-state index contributed by atoms with van der Waals surface area (Å²) in [6.07, 6.45) is 14.4. The van der Waals surface area contributed by atoms with Gasteiger partial charge in [0.15, 0.2) is 0 Å². The van der Waals surface area contributed by atoms with Gasteiger partial charge in [0.2, 0.25) is 0 Å². The second-order valence-corrected chi connectivity index (χ2v) is 5.92. The van der Waals surface area contributed by atoms with Gasteiger partial charge < -0.3 is 5.11 Å². The van der Waals surface area contributed by atoms with Gasteiger partial charge in [-0.05, 0) is 25.8 Å². The fourth-order valence-corrected chi connectivity index (χ4v) is 2.63. The average Bonchev–Trinajstić information content (AvgIpc) is 3.19. The highest BCUT2D eigenvalue weighted by Gasteiger charge is 2.29. The van der Waals surface area contributed by atoms with Gasteiger partial charge in [-0.1, -0.05) is 58.3 Å². The number of rotatable bonds is 13. The molecule has 1 saturated carbocycles. The molecule has 0 aromatic carbocycles. The predicted molar refractivity (Wildman–Crippen MR) is 79.5 cm³/mol. The normalized spacial score (nSPS) is 15.1. The van der Waals surface area contributed by atoms with Crippen LogP contribution >= 0.6 is 0 Å². The van der Waals surface area contributed by atoms with Gasteiger partial charge in [-0.2, -0.15) is 0 Å². The number of hydrogen-bond acceptors (Lipinski definition) is 2. The zero-order valence-electron chi connectivity index (χ0n) is 12.6. The minimum Gasteiger partial charge on any atom is -0.480 e. The summed E-state index contributed by atoms with van der Waals surface area (Å²) in [5.41, 5.74) is 0. The SMILES string of the molecule is CCCCCCCCCCCN(CC(=O)O)C1CC1. The van der Waals surface area contributed by atoms with Crippen LogP contribution < -0.4 is 0 Å². The van der Waals surface area contributed by atoms with Crippen LogP contribution in [0.3, 0.4) is 0 Å². The van der Waals surface area contributed by atoms with E-state index in [0.717, 1.165) is 6.54 Å². The van der Waals surface area contributed by atoms with E-state index in [9.17, 15) is 4.79 Å². The summed E-state index contributed by atoms with van der Waals surface area (Å²) in [4.78, 5) is 12.9. The molecule has 3 heteroatoms. The third-order valence-corrected chi connectivity index (χ3v) is 3.95.